The number of carbonyl (C=O) groups is 1. The summed E-state index contributed by atoms with van der Waals surface area (Å²) in [6.45, 7) is 3.88. The van der Waals surface area contributed by atoms with Gasteiger partial charge in [-0.2, -0.15) is 0 Å². The fourth-order valence-electron chi connectivity index (χ4n) is 4.19. The highest BCUT2D eigenvalue weighted by atomic mass is 35.5. The molecule has 4 heterocycles. The number of piperazine rings is 1. The lowest BCUT2D eigenvalue weighted by Gasteiger charge is -2.35. The van der Waals surface area contributed by atoms with Crippen molar-refractivity contribution in [2.75, 3.05) is 31.1 Å². The summed E-state index contributed by atoms with van der Waals surface area (Å²) in [6.07, 6.45) is 6.25. The van der Waals surface area contributed by atoms with Crippen LogP contribution in [-0.2, 0) is 0 Å². The summed E-state index contributed by atoms with van der Waals surface area (Å²) in [6, 6.07) is 8.52. The molecule has 0 unspecified atom stereocenters. The van der Waals surface area contributed by atoms with Crippen molar-refractivity contribution in [2.45, 2.75) is 6.92 Å². The monoisotopic (exact) mass is 506 g/mol. The molecular formula is C26H21ClF2N6O. The normalized spacial score (nSPS) is 13.7. The van der Waals surface area contributed by atoms with Gasteiger partial charge in [-0.3, -0.25) is 14.8 Å². The summed E-state index contributed by atoms with van der Waals surface area (Å²) in [7, 11) is 0. The Morgan fingerprint density at radius 3 is 2.47 bits per heavy atom. The molecule has 7 nitrogen and oxygen atoms in total. The van der Waals surface area contributed by atoms with E-state index in [1.807, 2.05) is 11.8 Å². The van der Waals surface area contributed by atoms with Crippen LogP contribution in [0.3, 0.4) is 0 Å². The van der Waals surface area contributed by atoms with Crippen molar-refractivity contribution >= 4 is 23.3 Å². The van der Waals surface area contributed by atoms with E-state index in [2.05, 4.69) is 15.0 Å². The van der Waals surface area contributed by atoms with Crippen LogP contribution >= 0.6 is 11.6 Å². The SMILES string of the molecule is Cc1ncccc1C(=O)N1CCN(c2cnc(-c3ccc(F)cc3F)c(-c3ccncc3Cl)n2)CC1. The van der Waals surface area contributed by atoms with Crippen molar-refractivity contribution in [3.63, 3.8) is 0 Å². The van der Waals surface area contributed by atoms with Gasteiger partial charge in [0.2, 0.25) is 0 Å². The molecule has 36 heavy (non-hydrogen) atoms. The maximum absolute atomic E-state index is 14.7. The van der Waals surface area contributed by atoms with Gasteiger partial charge >= 0.3 is 0 Å². The second kappa shape index (κ2) is 9.94. The van der Waals surface area contributed by atoms with Gasteiger partial charge in [-0.05, 0) is 37.3 Å². The number of halogens is 3. The predicted octanol–water partition coefficient (Wildman–Crippen LogP) is 4.80. The molecule has 1 amide bonds. The molecule has 0 radical (unpaired) electrons. The van der Waals surface area contributed by atoms with Crippen LogP contribution in [0.1, 0.15) is 16.1 Å². The molecule has 5 rings (SSSR count). The van der Waals surface area contributed by atoms with E-state index >= 15 is 0 Å². The first kappa shape index (κ1) is 23.7. The molecule has 0 saturated carbocycles. The molecule has 0 atom stereocenters. The van der Waals surface area contributed by atoms with Crippen LogP contribution in [0.15, 0.2) is 61.2 Å². The summed E-state index contributed by atoms with van der Waals surface area (Å²) in [5.41, 5.74) is 2.52. The first-order valence-corrected chi connectivity index (χ1v) is 11.7. The molecule has 1 fully saturated rings. The smallest absolute Gasteiger partial charge is 0.255 e. The number of hydrogen-bond donors (Lipinski definition) is 0. The Balaban J connectivity index is 1.45. The van der Waals surface area contributed by atoms with Gasteiger partial charge in [0.05, 0.1) is 22.5 Å². The Morgan fingerprint density at radius 1 is 0.944 bits per heavy atom. The zero-order valence-corrected chi connectivity index (χ0v) is 20.1. The van der Waals surface area contributed by atoms with Crippen LogP contribution in [0, 0.1) is 18.6 Å². The van der Waals surface area contributed by atoms with E-state index in [0.717, 1.165) is 6.07 Å². The first-order chi connectivity index (χ1) is 17.4. The second-order valence-corrected chi connectivity index (χ2v) is 8.73. The van der Waals surface area contributed by atoms with Gasteiger partial charge in [0.15, 0.2) is 0 Å². The highest BCUT2D eigenvalue weighted by Crippen LogP contribution is 2.35. The summed E-state index contributed by atoms with van der Waals surface area (Å²) in [5, 5.41) is 0.329. The summed E-state index contributed by atoms with van der Waals surface area (Å²) >= 11 is 6.40. The number of anilines is 1. The van der Waals surface area contributed by atoms with E-state index in [-0.39, 0.29) is 17.2 Å². The lowest BCUT2D eigenvalue weighted by Crippen LogP contribution is -2.49. The van der Waals surface area contributed by atoms with Crippen LogP contribution < -0.4 is 4.90 Å². The quantitative estimate of drug-likeness (QED) is 0.396. The molecule has 1 saturated heterocycles. The maximum Gasteiger partial charge on any atom is 0.255 e. The zero-order valence-electron chi connectivity index (χ0n) is 19.3. The third-order valence-electron chi connectivity index (χ3n) is 6.10. The molecule has 0 spiro atoms. The summed E-state index contributed by atoms with van der Waals surface area (Å²) in [4.78, 5) is 34.3. The fourth-order valence-corrected chi connectivity index (χ4v) is 4.39. The van der Waals surface area contributed by atoms with E-state index < -0.39 is 11.6 Å². The van der Waals surface area contributed by atoms with Gasteiger partial charge in [-0.25, -0.2) is 18.7 Å². The van der Waals surface area contributed by atoms with Crippen molar-refractivity contribution in [2.24, 2.45) is 0 Å². The zero-order chi connectivity index (χ0) is 25.2. The van der Waals surface area contributed by atoms with Crippen molar-refractivity contribution in [3.8, 4) is 22.5 Å². The van der Waals surface area contributed by atoms with E-state index in [4.69, 9.17) is 16.6 Å². The van der Waals surface area contributed by atoms with Gasteiger partial charge < -0.3 is 9.80 Å². The maximum atomic E-state index is 14.7. The number of benzene rings is 1. The molecule has 4 aromatic rings. The minimum atomic E-state index is -0.749. The third-order valence-corrected chi connectivity index (χ3v) is 6.40. The van der Waals surface area contributed by atoms with Crippen molar-refractivity contribution in [3.05, 3.63) is 89.1 Å². The van der Waals surface area contributed by atoms with Crippen LogP contribution in [0.25, 0.3) is 22.5 Å². The Hall–Kier alpha value is -3.98. The minimum absolute atomic E-state index is 0.0577. The molecule has 1 aliphatic heterocycles. The van der Waals surface area contributed by atoms with E-state index in [9.17, 15) is 13.6 Å². The Morgan fingerprint density at radius 2 is 1.75 bits per heavy atom. The van der Waals surface area contributed by atoms with Crippen molar-refractivity contribution in [1.29, 1.82) is 0 Å². The van der Waals surface area contributed by atoms with Gasteiger partial charge in [0.25, 0.3) is 5.91 Å². The Bertz CT molecular complexity index is 1440. The molecule has 1 aromatic carbocycles. The lowest BCUT2D eigenvalue weighted by atomic mass is 10.0. The standard InChI is InChI=1S/C26H21ClF2N6O/c1-16-18(3-2-7-31-16)26(36)35-11-9-34(10-12-35)23-15-32-24(20-5-4-17(28)13-22(20)29)25(33-23)19-6-8-30-14-21(19)27/h2-8,13-15H,9-12H2,1H3. The van der Waals surface area contributed by atoms with Crippen molar-refractivity contribution in [1.82, 2.24) is 24.8 Å². The number of carbonyl (C=O) groups excluding carboxylic acids is 1. The average molecular weight is 507 g/mol. The van der Waals surface area contributed by atoms with E-state index in [0.29, 0.717) is 59.5 Å². The highest BCUT2D eigenvalue weighted by molar-refractivity contribution is 6.33. The van der Waals surface area contributed by atoms with Gasteiger partial charge in [0, 0.05) is 67.7 Å². The van der Waals surface area contributed by atoms with E-state index in [1.165, 1.54) is 18.3 Å². The summed E-state index contributed by atoms with van der Waals surface area (Å²) < 4.78 is 28.2. The lowest BCUT2D eigenvalue weighted by molar-refractivity contribution is 0.0745. The fraction of sp³-hybridized carbons (Fsp3) is 0.192. The van der Waals surface area contributed by atoms with Gasteiger partial charge in [-0.15, -0.1) is 0 Å². The predicted molar refractivity (Wildman–Crippen MR) is 133 cm³/mol. The number of aromatic nitrogens is 4. The number of nitrogens with zero attached hydrogens (tertiary/aromatic N) is 6. The average Bonchev–Trinajstić information content (AvgIpc) is 2.89. The molecule has 0 aliphatic carbocycles. The molecule has 1 aliphatic rings. The third kappa shape index (κ3) is 4.61. The molecule has 0 N–H and O–H groups in total. The minimum Gasteiger partial charge on any atom is -0.352 e. The second-order valence-electron chi connectivity index (χ2n) is 8.32. The molecule has 0 bridgehead atoms. The number of amides is 1. The van der Waals surface area contributed by atoms with Crippen LogP contribution in [-0.4, -0.2) is 56.9 Å². The van der Waals surface area contributed by atoms with Crippen LogP contribution in [0.5, 0.6) is 0 Å². The topological polar surface area (TPSA) is 75.1 Å². The number of hydrogen-bond acceptors (Lipinski definition) is 6. The molecule has 182 valence electrons. The number of rotatable bonds is 4. The highest BCUT2D eigenvalue weighted by Gasteiger charge is 2.26. The summed E-state index contributed by atoms with van der Waals surface area (Å²) in [5.74, 6) is -0.925. The molecule has 3 aromatic heterocycles. The van der Waals surface area contributed by atoms with E-state index in [1.54, 1.807) is 41.7 Å². The first-order valence-electron chi connectivity index (χ1n) is 11.3. The Labute approximate surface area is 211 Å². The molecule has 10 heteroatoms. The van der Waals surface area contributed by atoms with Crippen molar-refractivity contribution < 1.29 is 13.6 Å². The number of aryl methyl sites for hydroxylation is 1. The molecular weight excluding hydrogens is 486 g/mol. The van der Waals surface area contributed by atoms with Crippen LogP contribution in [0.2, 0.25) is 5.02 Å². The van der Waals surface area contributed by atoms with Gasteiger partial charge in [-0.1, -0.05) is 11.6 Å². The number of pyridine rings is 2. The Kier molecular flexibility index (Phi) is 6.56. The van der Waals surface area contributed by atoms with Crippen LogP contribution in [0.4, 0.5) is 14.6 Å². The van der Waals surface area contributed by atoms with Gasteiger partial charge in [0.1, 0.15) is 23.1 Å². The largest absolute Gasteiger partial charge is 0.352 e.